The van der Waals surface area contributed by atoms with Gasteiger partial charge in [-0.3, -0.25) is 14.3 Å². The van der Waals surface area contributed by atoms with E-state index in [9.17, 15) is 9.00 Å². The second-order valence-corrected chi connectivity index (χ2v) is 10.6. The maximum Gasteiger partial charge on any atom is 0.295 e. The van der Waals surface area contributed by atoms with Gasteiger partial charge in [0.2, 0.25) is 5.75 Å². The fourth-order valence-electron chi connectivity index (χ4n) is 4.94. The minimum Gasteiger partial charge on any atom is -0.486 e. The van der Waals surface area contributed by atoms with Crippen molar-refractivity contribution in [2.45, 2.75) is 71.5 Å². The quantitative estimate of drug-likeness (QED) is 0.489. The molecule has 1 aromatic rings. The Morgan fingerprint density at radius 3 is 2.64 bits per heavy atom. The molecule has 7 nitrogen and oxygen atoms in total. The molecule has 0 amide bonds. The molecule has 0 N–H and O–H groups in total. The number of hydrogen-bond donors (Lipinski definition) is 0. The highest BCUT2D eigenvalue weighted by molar-refractivity contribution is 7.81. The topological polar surface area (TPSA) is 67.7 Å². The van der Waals surface area contributed by atoms with E-state index in [4.69, 9.17) is 4.74 Å². The Hall–Kier alpha value is -1.77. The van der Waals surface area contributed by atoms with Crippen molar-refractivity contribution in [3.63, 3.8) is 0 Å². The van der Waals surface area contributed by atoms with Crippen molar-refractivity contribution in [1.29, 1.82) is 0 Å². The van der Waals surface area contributed by atoms with Crippen molar-refractivity contribution in [1.82, 2.24) is 18.8 Å². The van der Waals surface area contributed by atoms with Gasteiger partial charge in [-0.05, 0) is 57.6 Å². The second-order valence-electron chi connectivity index (χ2n) is 9.26. The van der Waals surface area contributed by atoms with Crippen molar-refractivity contribution >= 4 is 11.0 Å². The summed E-state index contributed by atoms with van der Waals surface area (Å²) in [6, 6.07) is 0.418. The highest BCUT2D eigenvalue weighted by atomic mass is 32.2. The van der Waals surface area contributed by atoms with Gasteiger partial charge in [-0.2, -0.15) is 0 Å². The van der Waals surface area contributed by atoms with E-state index in [-0.39, 0.29) is 5.56 Å². The molecule has 0 saturated carbocycles. The van der Waals surface area contributed by atoms with E-state index < -0.39 is 11.0 Å². The number of aromatic nitrogens is 2. The van der Waals surface area contributed by atoms with Gasteiger partial charge in [-0.1, -0.05) is 31.6 Å². The van der Waals surface area contributed by atoms with Crippen molar-refractivity contribution in [3.05, 3.63) is 46.2 Å². The van der Waals surface area contributed by atoms with Gasteiger partial charge in [0.1, 0.15) is 5.82 Å². The summed E-state index contributed by atoms with van der Waals surface area (Å²) >= 11 is 0. The lowest BCUT2D eigenvalue weighted by molar-refractivity contribution is 0.184. The van der Waals surface area contributed by atoms with Gasteiger partial charge in [0.05, 0.1) is 30.3 Å². The number of ether oxygens (including phenoxy) is 1. The second kappa shape index (κ2) is 12.1. The Morgan fingerprint density at radius 1 is 1.30 bits per heavy atom. The van der Waals surface area contributed by atoms with E-state index in [1.165, 1.54) is 11.1 Å². The average molecular weight is 477 g/mol. The first kappa shape index (κ1) is 25.8. The van der Waals surface area contributed by atoms with Crippen molar-refractivity contribution < 1.29 is 8.95 Å². The molecule has 0 bridgehead atoms. The lowest BCUT2D eigenvalue weighted by Crippen LogP contribution is -2.37. The third kappa shape index (κ3) is 6.43. The van der Waals surface area contributed by atoms with E-state index in [1.54, 1.807) is 17.0 Å². The van der Waals surface area contributed by atoms with Gasteiger partial charge in [0.15, 0.2) is 0 Å². The van der Waals surface area contributed by atoms with Crippen LogP contribution in [0.3, 0.4) is 0 Å². The van der Waals surface area contributed by atoms with Crippen LogP contribution in [0.15, 0.2) is 34.8 Å². The predicted octanol–water partition coefficient (Wildman–Crippen LogP) is 3.52. The molecule has 2 aliphatic rings. The SMILES string of the molecule is C=CC1=C(CCC)CC(N(C)Cc2ncc(OCC3CCN(S(C)=O)CC3)c(=O)n2CC)C1. The van der Waals surface area contributed by atoms with E-state index in [0.29, 0.717) is 37.4 Å². The van der Waals surface area contributed by atoms with Crippen LogP contribution in [-0.4, -0.2) is 62.0 Å². The molecule has 1 aliphatic carbocycles. The van der Waals surface area contributed by atoms with Crippen LogP contribution in [0.4, 0.5) is 0 Å². The van der Waals surface area contributed by atoms with E-state index >= 15 is 0 Å². The molecule has 2 unspecified atom stereocenters. The Bertz CT molecular complexity index is 934. The zero-order valence-electron chi connectivity index (χ0n) is 20.7. The number of rotatable bonds is 11. The molecule has 2 heterocycles. The lowest BCUT2D eigenvalue weighted by atomic mass is 9.99. The summed E-state index contributed by atoms with van der Waals surface area (Å²) in [6.45, 7) is 11.5. The average Bonchev–Trinajstić information content (AvgIpc) is 3.22. The van der Waals surface area contributed by atoms with Crippen LogP contribution in [0.5, 0.6) is 5.75 Å². The van der Waals surface area contributed by atoms with Crippen LogP contribution in [-0.2, 0) is 24.1 Å². The zero-order chi connectivity index (χ0) is 24.0. The first-order chi connectivity index (χ1) is 15.9. The first-order valence-electron chi connectivity index (χ1n) is 12.2. The fraction of sp³-hybridized carbons (Fsp3) is 0.680. The molecule has 8 heteroatoms. The van der Waals surface area contributed by atoms with Crippen LogP contribution < -0.4 is 10.3 Å². The maximum absolute atomic E-state index is 13.1. The standard InChI is InChI=1S/C25H40N4O3S/c1-6-9-21-15-22(14-20(21)7-2)27(4)17-24-26-16-23(25(30)29(24)8-3)32-18-19-10-12-28(13-11-19)33(5)31/h7,16,19,22H,2,6,8-15,17-18H2,1,3-5H3. The fourth-order valence-corrected chi connectivity index (χ4v) is 5.67. The summed E-state index contributed by atoms with van der Waals surface area (Å²) in [7, 11) is 1.21. The van der Waals surface area contributed by atoms with Gasteiger partial charge in [0.25, 0.3) is 5.56 Å². The number of nitrogens with zero attached hydrogens (tertiary/aromatic N) is 4. The van der Waals surface area contributed by atoms with Crippen molar-refractivity contribution in [2.75, 3.05) is 33.0 Å². The summed E-state index contributed by atoms with van der Waals surface area (Å²) in [5.41, 5.74) is 2.80. The number of allylic oxidation sites excluding steroid dienone is 1. The zero-order valence-corrected chi connectivity index (χ0v) is 21.5. The maximum atomic E-state index is 13.1. The van der Waals surface area contributed by atoms with E-state index in [2.05, 4.69) is 30.4 Å². The molecule has 3 rings (SSSR count). The Kier molecular flexibility index (Phi) is 9.47. The van der Waals surface area contributed by atoms with Gasteiger partial charge >= 0.3 is 0 Å². The van der Waals surface area contributed by atoms with Crippen LogP contribution in [0.2, 0.25) is 0 Å². The lowest BCUT2D eigenvalue weighted by Gasteiger charge is -2.29. The minimum absolute atomic E-state index is 0.106. The van der Waals surface area contributed by atoms with E-state index in [0.717, 1.165) is 57.4 Å². The summed E-state index contributed by atoms with van der Waals surface area (Å²) in [6.07, 6.45) is 11.5. The summed E-state index contributed by atoms with van der Waals surface area (Å²) in [5.74, 6) is 1.47. The van der Waals surface area contributed by atoms with Crippen LogP contribution in [0, 0.1) is 5.92 Å². The molecule has 0 radical (unpaired) electrons. The third-order valence-electron chi connectivity index (χ3n) is 7.03. The smallest absolute Gasteiger partial charge is 0.295 e. The molecule has 0 spiro atoms. The Labute approximate surface area is 201 Å². The highest BCUT2D eigenvalue weighted by Crippen LogP contribution is 2.33. The molecule has 1 aromatic heterocycles. The van der Waals surface area contributed by atoms with Crippen molar-refractivity contribution in [2.24, 2.45) is 5.92 Å². The van der Waals surface area contributed by atoms with Gasteiger partial charge < -0.3 is 4.74 Å². The Balaban J connectivity index is 1.61. The van der Waals surface area contributed by atoms with Crippen molar-refractivity contribution in [3.8, 4) is 5.75 Å². The molecule has 1 aliphatic heterocycles. The summed E-state index contributed by atoms with van der Waals surface area (Å²) < 4.78 is 21.3. The van der Waals surface area contributed by atoms with Gasteiger partial charge in [-0.25, -0.2) is 13.5 Å². The minimum atomic E-state index is -0.912. The van der Waals surface area contributed by atoms with Crippen LogP contribution >= 0.6 is 0 Å². The molecule has 33 heavy (non-hydrogen) atoms. The number of piperidine rings is 1. The van der Waals surface area contributed by atoms with Gasteiger partial charge in [-0.15, -0.1) is 0 Å². The largest absolute Gasteiger partial charge is 0.486 e. The van der Waals surface area contributed by atoms with Gasteiger partial charge in [0, 0.05) is 31.9 Å². The molecular formula is C25H40N4O3S. The van der Waals surface area contributed by atoms with Crippen LogP contribution in [0.25, 0.3) is 0 Å². The Morgan fingerprint density at radius 2 is 2.03 bits per heavy atom. The van der Waals surface area contributed by atoms with E-state index in [1.807, 2.05) is 17.3 Å². The molecule has 1 fully saturated rings. The summed E-state index contributed by atoms with van der Waals surface area (Å²) in [5, 5.41) is 0. The molecule has 0 aromatic carbocycles. The molecule has 184 valence electrons. The molecule has 2 atom stereocenters. The van der Waals surface area contributed by atoms with Crippen LogP contribution in [0.1, 0.15) is 58.2 Å². The predicted molar refractivity (Wildman–Crippen MR) is 135 cm³/mol. The third-order valence-corrected chi connectivity index (χ3v) is 8.12. The highest BCUT2D eigenvalue weighted by Gasteiger charge is 2.27. The summed E-state index contributed by atoms with van der Waals surface area (Å²) in [4.78, 5) is 20.0. The molecular weight excluding hydrogens is 436 g/mol. The molecule has 1 saturated heterocycles. The monoisotopic (exact) mass is 476 g/mol. The normalized spacial score (nSPS) is 21.1. The number of hydrogen-bond acceptors (Lipinski definition) is 5. The first-order valence-corrected chi connectivity index (χ1v) is 13.7.